The van der Waals surface area contributed by atoms with Crippen molar-refractivity contribution in [3.8, 4) is 22.8 Å². The number of carbonyl (C=O) groups is 1. The van der Waals surface area contributed by atoms with Crippen LogP contribution >= 0.6 is 11.3 Å². The quantitative estimate of drug-likeness (QED) is 0.776. The Morgan fingerprint density at radius 3 is 2.41 bits per heavy atom. The summed E-state index contributed by atoms with van der Waals surface area (Å²) >= 11 is 1.61. The number of nitrogens with two attached hydrogens (primary N) is 1. The molecular weight excluding hydrogens is 303 g/mol. The molecule has 1 amide bonds. The molecule has 2 N–H and O–H groups in total. The van der Waals surface area contributed by atoms with Crippen LogP contribution < -0.4 is 5.73 Å². The van der Waals surface area contributed by atoms with Crippen molar-refractivity contribution in [2.45, 2.75) is 13.8 Å². The zero-order valence-electron chi connectivity index (χ0n) is 12.2. The van der Waals surface area contributed by atoms with Gasteiger partial charge in [-0.15, -0.1) is 0 Å². The van der Waals surface area contributed by atoms with Crippen LogP contribution in [0.3, 0.4) is 0 Å². The molecule has 0 atom stereocenters. The van der Waals surface area contributed by atoms with Gasteiger partial charge in [0, 0.05) is 23.4 Å². The van der Waals surface area contributed by atoms with Gasteiger partial charge in [-0.25, -0.2) is 9.37 Å². The highest BCUT2D eigenvalue weighted by Crippen LogP contribution is 2.30. The predicted molar refractivity (Wildman–Crippen MR) is 84.8 cm³/mol. The topological polar surface area (TPSA) is 69.1 Å². The third kappa shape index (κ3) is 4.02. The van der Waals surface area contributed by atoms with Crippen LogP contribution in [0, 0.1) is 12.7 Å². The molecule has 0 bridgehead atoms. The highest BCUT2D eigenvalue weighted by Gasteiger charge is 2.13. The van der Waals surface area contributed by atoms with E-state index in [1.807, 2.05) is 23.8 Å². The number of thiophene rings is 1. The van der Waals surface area contributed by atoms with Gasteiger partial charge in [-0.1, -0.05) is 0 Å². The number of oxazole rings is 1. The third-order valence-corrected chi connectivity index (χ3v) is 3.35. The van der Waals surface area contributed by atoms with E-state index in [4.69, 9.17) is 4.42 Å². The lowest BCUT2D eigenvalue weighted by Crippen LogP contribution is -2.01. The molecule has 0 unspecified atom stereocenters. The molecule has 0 spiro atoms. The molecule has 0 aliphatic rings. The van der Waals surface area contributed by atoms with E-state index in [0.717, 1.165) is 22.6 Å². The van der Waals surface area contributed by atoms with E-state index in [0.29, 0.717) is 5.89 Å². The molecule has 2 aromatic heterocycles. The average Bonchev–Trinajstić information content (AvgIpc) is 3.08. The molecule has 0 saturated carbocycles. The lowest BCUT2D eigenvalue weighted by Gasteiger charge is -1.94. The summed E-state index contributed by atoms with van der Waals surface area (Å²) in [4.78, 5) is 13.6. The lowest BCUT2D eigenvalue weighted by atomic mass is 10.2. The number of carbonyl (C=O) groups excluding carboxylic acids is 1. The van der Waals surface area contributed by atoms with E-state index >= 15 is 0 Å². The maximum atomic E-state index is 12.9. The molecule has 0 aliphatic carbocycles. The Morgan fingerprint density at radius 2 is 1.86 bits per heavy atom. The van der Waals surface area contributed by atoms with Gasteiger partial charge in [-0.3, -0.25) is 4.79 Å². The van der Waals surface area contributed by atoms with Gasteiger partial charge in [0.1, 0.15) is 5.82 Å². The normalized spacial score (nSPS) is 9.95. The van der Waals surface area contributed by atoms with Gasteiger partial charge in [-0.2, -0.15) is 11.3 Å². The van der Waals surface area contributed by atoms with Crippen molar-refractivity contribution in [3.63, 3.8) is 0 Å². The Morgan fingerprint density at radius 1 is 1.23 bits per heavy atom. The monoisotopic (exact) mass is 318 g/mol. The molecule has 0 radical (unpaired) electrons. The number of nitrogens with zero attached hydrogens (tertiary/aromatic N) is 1. The van der Waals surface area contributed by atoms with Crippen molar-refractivity contribution in [2.75, 3.05) is 0 Å². The molecule has 22 heavy (non-hydrogen) atoms. The Bertz CT molecular complexity index is 745. The summed E-state index contributed by atoms with van der Waals surface area (Å²) < 4.78 is 18.6. The van der Waals surface area contributed by atoms with Gasteiger partial charge in [0.2, 0.25) is 11.8 Å². The number of aryl methyl sites for hydroxylation is 1. The van der Waals surface area contributed by atoms with Crippen LogP contribution in [-0.2, 0) is 4.79 Å². The fraction of sp³-hybridized carbons (Fsp3) is 0.125. The van der Waals surface area contributed by atoms with Crippen LogP contribution in [0.1, 0.15) is 12.6 Å². The molecule has 3 rings (SSSR count). The molecule has 0 saturated heterocycles. The summed E-state index contributed by atoms with van der Waals surface area (Å²) in [5.41, 5.74) is 7.12. The second kappa shape index (κ2) is 7.00. The van der Waals surface area contributed by atoms with Crippen molar-refractivity contribution >= 4 is 17.2 Å². The van der Waals surface area contributed by atoms with Crippen LogP contribution in [0.25, 0.3) is 22.8 Å². The summed E-state index contributed by atoms with van der Waals surface area (Å²) in [5, 5.41) is 4.01. The third-order valence-electron chi connectivity index (χ3n) is 2.67. The zero-order chi connectivity index (χ0) is 16.1. The predicted octanol–water partition coefficient (Wildman–Crippen LogP) is 4.01. The van der Waals surface area contributed by atoms with Crippen molar-refractivity contribution in [3.05, 3.63) is 52.6 Å². The molecule has 2 heterocycles. The van der Waals surface area contributed by atoms with E-state index in [-0.39, 0.29) is 11.7 Å². The van der Waals surface area contributed by atoms with Crippen molar-refractivity contribution in [1.29, 1.82) is 0 Å². The van der Waals surface area contributed by atoms with E-state index in [1.54, 1.807) is 23.5 Å². The van der Waals surface area contributed by atoms with Crippen LogP contribution in [-0.4, -0.2) is 10.9 Å². The molecule has 0 fully saturated rings. The van der Waals surface area contributed by atoms with Crippen LogP contribution in [0.5, 0.6) is 0 Å². The van der Waals surface area contributed by atoms with Crippen molar-refractivity contribution in [1.82, 2.24) is 4.98 Å². The summed E-state index contributed by atoms with van der Waals surface area (Å²) in [6.45, 7) is 3.21. The molecule has 114 valence electrons. The Labute approximate surface area is 131 Å². The first-order chi connectivity index (χ1) is 10.5. The fourth-order valence-electron chi connectivity index (χ4n) is 1.77. The van der Waals surface area contributed by atoms with E-state index in [2.05, 4.69) is 10.7 Å². The first-order valence-electron chi connectivity index (χ1n) is 6.49. The van der Waals surface area contributed by atoms with E-state index < -0.39 is 0 Å². The molecule has 1 aromatic carbocycles. The van der Waals surface area contributed by atoms with Gasteiger partial charge < -0.3 is 10.2 Å². The minimum Gasteiger partial charge on any atom is -0.436 e. The number of amides is 1. The first kappa shape index (κ1) is 15.9. The lowest BCUT2D eigenvalue weighted by molar-refractivity contribution is -0.115. The van der Waals surface area contributed by atoms with Gasteiger partial charge in [0.05, 0.1) is 5.69 Å². The van der Waals surface area contributed by atoms with Gasteiger partial charge in [0.25, 0.3) is 0 Å². The molecule has 3 aromatic rings. The minimum absolute atomic E-state index is 0.264. The van der Waals surface area contributed by atoms with Crippen molar-refractivity contribution < 1.29 is 13.6 Å². The summed E-state index contributed by atoms with van der Waals surface area (Å²) in [5.74, 6) is 0.698. The average molecular weight is 318 g/mol. The smallest absolute Gasteiger partial charge is 0.226 e. The number of hydrogen-bond donors (Lipinski definition) is 1. The van der Waals surface area contributed by atoms with Gasteiger partial charge >= 0.3 is 0 Å². The largest absolute Gasteiger partial charge is 0.436 e. The SMILES string of the molecule is CC(N)=O.Cc1nc(-c2ccc(F)cc2)oc1-c1ccsc1. The Hall–Kier alpha value is -2.47. The fourth-order valence-corrected chi connectivity index (χ4v) is 2.41. The number of aromatic nitrogens is 1. The maximum absolute atomic E-state index is 12.9. The number of rotatable bonds is 2. The molecular formula is C16H15FN2O2S. The molecule has 0 aliphatic heterocycles. The summed E-state index contributed by atoms with van der Waals surface area (Å²) in [6.07, 6.45) is 0. The van der Waals surface area contributed by atoms with Crippen LogP contribution in [0.4, 0.5) is 4.39 Å². The van der Waals surface area contributed by atoms with E-state index in [9.17, 15) is 9.18 Å². The standard InChI is InChI=1S/C14H10FNOS.C2H5NO/c1-9-13(11-6-7-18-8-11)17-14(16-9)10-2-4-12(15)5-3-10;1-2(3)4/h2-8H,1H3;1H3,(H2,3,4). The summed E-state index contributed by atoms with van der Waals surface area (Å²) in [6, 6.07) is 8.13. The maximum Gasteiger partial charge on any atom is 0.226 e. The van der Waals surface area contributed by atoms with Gasteiger partial charge in [0.15, 0.2) is 5.76 Å². The van der Waals surface area contributed by atoms with E-state index in [1.165, 1.54) is 19.1 Å². The van der Waals surface area contributed by atoms with Crippen LogP contribution in [0.2, 0.25) is 0 Å². The van der Waals surface area contributed by atoms with Crippen LogP contribution in [0.15, 0.2) is 45.5 Å². The number of hydrogen-bond acceptors (Lipinski definition) is 4. The van der Waals surface area contributed by atoms with Crippen molar-refractivity contribution in [2.24, 2.45) is 5.73 Å². The Kier molecular flexibility index (Phi) is 5.06. The number of halogens is 1. The zero-order valence-corrected chi connectivity index (χ0v) is 13.0. The molecule has 4 nitrogen and oxygen atoms in total. The number of primary amides is 1. The second-order valence-electron chi connectivity index (χ2n) is 4.56. The Balaban J connectivity index is 0.000000396. The minimum atomic E-state index is -0.333. The number of benzene rings is 1. The summed E-state index contributed by atoms with van der Waals surface area (Å²) in [7, 11) is 0. The first-order valence-corrected chi connectivity index (χ1v) is 7.43. The molecule has 6 heteroatoms. The highest BCUT2D eigenvalue weighted by molar-refractivity contribution is 7.08. The van der Waals surface area contributed by atoms with Gasteiger partial charge in [-0.05, 0) is 42.6 Å². The highest BCUT2D eigenvalue weighted by atomic mass is 32.1. The second-order valence-corrected chi connectivity index (χ2v) is 5.34.